The standard InChI is InChI=1S/C8H5ClN2O2/c9-5-2-1-3-6-7(5)8(11-10-6)13-4-12/h1-4H,(H,10,11). The van der Waals surface area contributed by atoms with Crippen LogP contribution < -0.4 is 4.74 Å². The van der Waals surface area contributed by atoms with Gasteiger partial charge in [0.05, 0.1) is 15.9 Å². The zero-order chi connectivity index (χ0) is 9.26. The predicted octanol–water partition coefficient (Wildman–Crippen LogP) is 1.75. The average molecular weight is 197 g/mol. The van der Waals surface area contributed by atoms with Crippen LogP contribution in [0.25, 0.3) is 10.9 Å². The molecular formula is C8H5ClN2O2. The highest BCUT2D eigenvalue weighted by molar-refractivity contribution is 6.35. The Balaban J connectivity index is 2.70. The summed E-state index contributed by atoms with van der Waals surface area (Å²) in [5.41, 5.74) is 0.740. The molecule has 4 nitrogen and oxygen atoms in total. The minimum atomic E-state index is 0.204. The van der Waals surface area contributed by atoms with Crippen LogP contribution in [0, 0.1) is 0 Å². The summed E-state index contributed by atoms with van der Waals surface area (Å²) in [7, 11) is 0. The summed E-state index contributed by atoms with van der Waals surface area (Å²) in [4.78, 5) is 10.1. The SMILES string of the molecule is O=COc1n[nH]c2cccc(Cl)c12. The number of hydrogen-bond donors (Lipinski definition) is 1. The van der Waals surface area contributed by atoms with Gasteiger partial charge < -0.3 is 4.74 Å². The van der Waals surface area contributed by atoms with E-state index in [1.807, 2.05) is 0 Å². The number of nitrogens with zero attached hydrogens (tertiary/aromatic N) is 1. The van der Waals surface area contributed by atoms with Gasteiger partial charge in [-0.15, -0.1) is 5.10 Å². The molecule has 0 radical (unpaired) electrons. The van der Waals surface area contributed by atoms with Crippen LogP contribution >= 0.6 is 11.6 Å². The zero-order valence-electron chi connectivity index (χ0n) is 6.45. The summed E-state index contributed by atoms with van der Waals surface area (Å²) in [6.45, 7) is 0.318. The Kier molecular flexibility index (Phi) is 1.90. The van der Waals surface area contributed by atoms with Crippen LogP contribution in [-0.2, 0) is 4.79 Å². The minimum Gasteiger partial charge on any atom is -0.407 e. The molecule has 0 aliphatic heterocycles. The molecule has 0 saturated heterocycles. The molecule has 0 saturated carbocycles. The van der Waals surface area contributed by atoms with Gasteiger partial charge in [-0.2, -0.15) is 0 Å². The maximum atomic E-state index is 10.1. The number of nitrogens with one attached hydrogen (secondary N) is 1. The molecule has 5 heteroatoms. The first-order valence-corrected chi connectivity index (χ1v) is 3.93. The van der Waals surface area contributed by atoms with Gasteiger partial charge in [-0.25, -0.2) is 0 Å². The van der Waals surface area contributed by atoms with E-state index in [1.54, 1.807) is 18.2 Å². The lowest BCUT2D eigenvalue weighted by Crippen LogP contribution is -1.88. The smallest absolute Gasteiger partial charge is 0.299 e. The first kappa shape index (κ1) is 8.07. The van der Waals surface area contributed by atoms with E-state index < -0.39 is 0 Å². The molecule has 0 aliphatic carbocycles. The number of fused-ring (bicyclic) bond motifs is 1. The molecular weight excluding hydrogens is 192 g/mol. The third-order valence-electron chi connectivity index (χ3n) is 1.67. The Morgan fingerprint density at radius 2 is 2.38 bits per heavy atom. The van der Waals surface area contributed by atoms with Gasteiger partial charge in [0.15, 0.2) is 0 Å². The van der Waals surface area contributed by atoms with E-state index in [0.717, 1.165) is 5.52 Å². The molecule has 0 unspecified atom stereocenters. The maximum Gasteiger partial charge on any atom is 0.299 e. The third kappa shape index (κ3) is 1.25. The van der Waals surface area contributed by atoms with Crippen LogP contribution in [0.2, 0.25) is 5.02 Å². The van der Waals surface area contributed by atoms with Gasteiger partial charge >= 0.3 is 0 Å². The number of carbonyl (C=O) groups is 1. The van der Waals surface area contributed by atoms with Gasteiger partial charge in [-0.05, 0) is 12.1 Å². The Morgan fingerprint density at radius 1 is 1.54 bits per heavy atom. The number of benzene rings is 1. The van der Waals surface area contributed by atoms with E-state index in [9.17, 15) is 4.79 Å². The van der Waals surface area contributed by atoms with Crippen LogP contribution in [0.1, 0.15) is 0 Å². The number of aromatic amines is 1. The van der Waals surface area contributed by atoms with Crippen LogP contribution in [-0.4, -0.2) is 16.7 Å². The molecule has 0 atom stereocenters. The molecule has 2 aromatic rings. The molecule has 2 rings (SSSR count). The van der Waals surface area contributed by atoms with Crippen molar-refractivity contribution in [2.24, 2.45) is 0 Å². The highest BCUT2D eigenvalue weighted by Crippen LogP contribution is 2.29. The zero-order valence-corrected chi connectivity index (χ0v) is 7.21. The molecule has 0 fully saturated rings. The number of H-pyrrole nitrogens is 1. The predicted molar refractivity (Wildman–Crippen MR) is 47.8 cm³/mol. The summed E-state index contributed by atoms with van der Waals surface area (Å²) in [5.74, 6) is 0.204. The third-order valence-corrected chi connectivity index (χ3v) is 1.98. The number of rotatable bonds is 2. The van der Waals surface area contributed by atoms with Crippen molar-refractivity contribution in [2.45, 2.75) is 0 Å². The molecule has 13 heavy (non-hydrogen) atoms. The first-order valence-electron chi connectivity index (χ1n) is 3.56. The Hall–Kier alpha value is -1.55. The first-order chi connectivity index (χ1) is 6.33. The second-order valence-electron chi connectivity index (χ2n) is 2.41. The molecule has 1 aromatic heterocycles. The van der Waals surface area contributed by atoms with E-state index in [4.69, 9.17) is 11.6 Å². The van der Waals surface area contributed by atoms with Crippen LogP contribution in [0.4, 0.5) is 0 Å². The van der Waals surface area contributed by atoms with Gasteiger partial charge in [0.2, 0.25) is 5.88 Å². The van der Waals surface area contributed by atoms with Crippen LogP contribution in [0.3, 0.4) is 0 Å². The van der Waals surface area contributed by atoms with E-state index in [1.165, 1.54) is 0 Å². The largest absolute Gasteiger partial charge is 0.407 e. The Labute approximate surface area is 78.5 Å². The summed E-state index contributed by atoms with van der Waals surface area (Å²) in [6, 6.07) is 5.29. The van der Waals surface area contributed by atoms with Gasteiger partial charge in [-0.3, -0.25) is 9.89 Å². The van der Waals surface area contributed by atoms with Gasteiger partial charge in [0, 0.05) is 0 Å². The minimum absolute atomic E-state index is 0.204. The number of carbonyl (C=O) groups excluding carboxylic acids is 1. The molecule has 0 spiro atoms. The monoisotopic (exact) mass is 196 g/mol. The fourth-order valence-electron chi connectivity index (χ4n) is 1.13. The molecule has 1 heterocycles. The van der Waals surface area contributed by atoms with Gasteiger partial charge in [0.1, 0.15) is 0 Å². The van der Waals surface area contributed by atoms with Gasteiger partial charge in [0.25, 0.3) is 6.47 Å². The Bertz CT molecular complexity index is 452. The van der Waals surface area contributed by atoms with E-state index in [2.05, 4.69) is 14.9 Å². The quantitative estimate of drug-likeness (QED) is 0.745. The lowest BCUT2D eigenvalue weighted by atomic mass is 10.2. The van der Waals surface area contributed by atoms with E-state index >= 15 is 0 Å². The van der Waals surface area contributed by atoms with Crippen molar-refractivity contribution in [1.29, 1.82) is 0 Å². The highest BCUT2D eigenvalue weighted by atomic mass is 35.5. The van der Waals surface area contributed by atoms with Crippen molar-refractivity contribution in [2.75, 3.05) is 0 Å². The molecule has 0 aliphatic rings. The summed E-state index contributed by atoms with van der Waals surface area (Å²) < 4.78 is 4.63. The normalized spacial score (nSPS) is 10.2. The second kappa shape index (κ2) is 3.06. The lowest BCUT2D eigenvalue weighted by Gasteiger charge is -1.94. The van der Waals surface area contributed by atoms with Crippen molar-refractivity contribution in [1.82, 2.24) is 10.2 Å². The summed E-state index contributed by atoms with van der Waals surface area (Å²) >= 11 is 5.88. The molecule has 66 valence electrons. The Morgan fingerprint density at radius 3 is 3.15 bits per heavy atom. The number of aromatic nitrogens is 2. The number of ether oxygens (including phenoxy) is 1. The number of hydrogen-bond acceptors (Lipinski definition) is 3. The van der Waals surface area contributed by atoms with E-state index in [-0.39, 0.29) is 5.88 Å². The average Bonchev–Trinajstić information content (AvgIpc) is 2.51. The molecule has 1 aromatic carbocycles. The summed E-state index contributed by atoms with van der Waals surface area (Å²) in [5, 5.41) is 7.60. The molecule has 0 amide bonds. The molecule has 0 bridgehead atoms. The van der Waals surface area contributed by atoms with Crippen molar-refractivity contribution in [3.8, 4) is 5.88 Å². The summed E-state index contributed by atoms with van der Waals surface area (Å²) in [6.07, 6.45) is 0. The van der Waals surface area contributed by atoms with Crippen LogP contribution in [0.15, 0.2) is 18.2 Å². The fourth-order valence-corrected chi connectivity index (χ4v) is 1.39. The molecule has 1 N–H and O–H groups in total. The van der Waals surface area contributed by atoms with Gasteiger partial charge in [-0.1, -0.05) is 17.7 Å². The van der Waals surface area contributed by atoms with Crippen LogP contribution in [0.5, 0.6) is 5.88 Å². The van der Waals surface area contributed by atoms with Crippen molar-refractivity contribution < 1.29 is 9.53 Å². The second-order valence-corrected chi connectivity index (χ2v) is 2.81. The van der Waals surface area contributed by atoms with Crippen molar-refractivity contribution in [3.63, 3.8) is 0 Å². The topological polar surface area (TPSA) is 55.0 Å². The van der Waals surface area contributed by atoms with E-state index in [0.29, 0.717) is 16.9 Å². The van der Waals surface area contributed by atoms with Crippen molar-refractivity contribution in [3.05, 3.63) is 23.2 Å². The maximum absolute atomic E-state index is 10.1. The fraction of sp³-hybridized carbons (Fsp3) is 0. The lowest BCUT2D eigenvalue weighted by molar-refractivity contribution is -0.120. The highest BCUT2D eigenvalue weighted by Gasteiger charge is 2.09. The van der Waals surface area contributed by atoms with Crippen molar-refractivity contribution >= 4 is 29.0 Å². The number of halogens is 1.